The Bertz CT molecular complexity index is 1380. The molecule has 5 aromatic rings. The summed E-state index contributed by atoms with van der Waals surface area (Å²) in [6.07, 6.45) is 1.94. The first kappa shape index (κ1) is 22.6. The van der Waals surface area contributed by atoms with Gasteiger partial charge in [-0.1, -0.05) is 72.8 Å². The lowest BCUT2D eigenvalue weighted by Crippen LogP contribution is -2.14. The molecule has 0 fully saturated rings. The van der Waals surface area contributed by atoms with Crippen LogP contribution in [0.3, 0.4) is 0 Å². The van der Waals surface area contributed by atoms with Gasteiger partial charge in [0.25, 0.3) is 0 Å². The van der Waals surface area contributed by atoms with Crippen LogP contribution >= 0.6 is 0 Å². The zero-order valence-electron chi connectivity index (χ0n) is 20.2. The molecule has 0 aliphatic carbocycles. The average molecular weight is 459 g/mol. The van der Waals surface area contributed by atoms with E-state index in [0.717, 1.165) is 46.6 Å². The van der Waals surface area contributed by atoms with E-state index >= 15 is 0 Å². The highest BCUT2D eigenvalue weighted by Crippen LogP contribution is 2.30. The third kappa shape index (κ3) is 5.33. The molecule has 0 spiro atoms. The van der Waals surface area contributed by atoms with Crippen molar-refractivity contribution in [3.8, 4) is 11.4 Å². The zero-order chi connectivity index (χ0) is 24.0. The predicted molar refractivity (Wildman–Crippen MR) is 147 cm³/mol. The van der Waals surface area contributed by atoms with Crippen LogP contribution in [0.15, 0.2) is 109 Å². The molecule has 5 rings (SSSR count). The van der Waals surface area contributed by atoms with Crippen LogP contribution in [0.5, 0.6) is 0 Å². The summed E-state index contributed by atoms with van der Waals surface area (Å²) in [5.74, 6) is 1.59. The summed E-state index contributed by atoms with van der Waals surface area (Å²) in [5, 5.41) is 4.82. The minimum absolute atomic E-state index is 0.124. The first-order chi connectivity index (χ1) is 17.2. The third-order valence-corrected chi connectivity index (χ3v) is 6.32. The summed E-state index contributed by atoms with van der Waals surface area (Å²) in [5.41, 5.74) is 5.68. The van der Waals surface area contributed by atoms with Crippen LogP contribution in [-0.4, -0.2) is 24.1 Å². The molecular weight excluding hydrogens is 428 g/mol. The minimum atomic E-state index is 0.124. The number of para-hydroxylation sites is 1. The number of nitrogens with zero attached hydrogens (tertiary/aromatic N) is 3. The molecule has 1 aromatic heterocycles. The van der Waals surface area contributed by atoms with Crippen LogP contribution in [0, 0.1) is 0 Å². The van der Waals surface area contributed by atoms with Gasteiger partial charge in [-0.3, -0.25) is 0 Å². The van der Waals surface area contributed by atoms with Gasteiger partial charge in [-0.25, -0.2) is 9.97 Å². The maximum absolute atomic E-state index is 5.03. The molecule has 0 saturated heterocycles. The second kappa shape index (κ2) is 10.4. The zero-order valence-corrected chi connectivity index (χ0v) is 20.2. The summed E-state index contributed by atoms with van der Waals surface area (Å²) in [6.45, 7) is 0. The normalized spacial score (nSPS) is 11.8. The van der Waals surface area contributed by atoms with E-state index < -0.39 is 0 Å². The number of nitrogens with one attached hydrogen (secondary N) is 1. The minimum Gasteiger partial charge on any atom is -0.378 e. The standard InChI is InChI=1S/C31H30N4/c1-35(2)26-20-18-25(19-21-26)30-33-29-16-10-9-15-27(29)31(34-30)32-28(24-13-7-4-8-14-24)22-17-23-11-5-3-6-12-23/h3-16,18-21,28H,17,22H2,1-2H3,(H,32,33,34). The third-order valence-electron chi connectivity index (χ3n) is 6.32. The van der Waals surface area contributed by atoms with Gasteiger partial charge in [0.15, 0.2) is 5.82 Å². The summed E-state index contributed by atoms with van der Waals surface area (Å²) in [6, 6.07) is 38.0. The van der Waals surface area contributed by atoms with E-state index in [4.69, 9.17) is 9.97 Å². The van der Waals surface area contributed by atoms with Crippen LogP contribution in [0.2, 0.25) is 0 Å². The topological polar surface area (TPSA) is 41.1 Å². The van der Waals surface area contributed by atoms with E-state index in [1.54, 1.807) is 0 Å². The maximum atomic E-state index is 5.03. The summed E-state index contributed by atoms with van der Waals surface area (Å²) in [7, 11) is 4.09. The number of rotatable bonds is 8. The van der Waals surface area contributed by atoms with Crippen molar-refractivity contribution < 1.29 is 0 Å². The van der Waals surface area contributed by atoms with Crippen molar-refractivity contribution in [1.82, 2.24) is 9.97 Å². The van der Waals surface area contributed by atoms with Crippen molar-refractivity contribution in [3.05, 3.63) is 120 Å². The van der Waals surface area contributed by atoms with Gasteiger partial charge in [-0.2, -0.15) is 0 Å². The molecule has 1 heterocycles. The molecule has 4 heteroatoms. The van der Waals surface area contributed by atoms with Crippen LogP contribution < -0.4 is 10.2 Å². The molecule has 0 saturated carbocycles. The number of aromatic nitrogens is 2. The van der Waals surface area contributed by atoms with Crippen LogP contribution in [-0.2, 0) is 6.42 Å². The lowest BCUT2D eigenvalue weighted by Gasteiger charge is -2.21. The number of benzene rings is 4. The van der Waals surface area contributed by atoms with Crippen LogP contribution in [0.25, 0.3) is 22.3 Å². The Hall–Kier alpha value is -4.18. The molecule has 1 unspecified atom stereocenters. The monoisotopic (exact) mass is 458 g/mol. The van der Waals surface area contributed by atoms with Crippen molar-refractivity contribution in [2.24, 2.45) is 0 Å². The molecule has 0 aliphatic rings. The SMILES string of the molecule is CN(C)c1ccc(-c2nc(NC(CCc3ccccc3)c3ccccc3)c3ccccc3n2)cc1. The molecule has 1 atom stereocenters. The van der Waals surface area contributed by atoms with E-state index in [0.29, 0.717) is 0 Å². The molecule has 0 amide bonds. The van der Waals surface area contributed by atoms with E-state index in [1.807, 2.05) is 26.2 Å². The van der Waals surface area contributed by atoms with Crippen molar-refractivity contribution in [2.75, 3.05) is 24.3 Å². The predicted octanol–water partition coefficient (Wildman–Crippen LogP) is 7.15. The molecule has 174 valence electrons. The van der Waals surface area contributed by atoms with Crippen molar-refractivity contribution >= 4 is 22.4 Å². The van der Waals surface area contributed by atoms with Crippen LogP contribution in [0.4, 0.5) is 11.5 Å². The molecule has 4 aromatic carbocycles. The van der Waals surface area contributed by atoms with Crippen LogP contribution in [0.1, 0.15) is 23.6 Å². The van der Waals surface area contributed by atoms with E-state index in [2.05, 4.69) is 107 Å². The molecular formula is C31H30N4. The van der Waals surface area contributed by atoms with E-state index in [-0.39, 0.29) is 6.04 Å². The quantitative estimate of drug-likeness (QED) is 0.268. The highest BCUT2D eigenvalue weighted by molar-refractivity contribution is 5.90. The maximum Gasteiger partial charge on any atom is 0.162 e. The molecule has 0 radical (unpaired) electrons. The Morgan fingerprint density at radius 1 is 0.714 bits per heavy atom. The number of hydrogen-bond donors (Lipinski definition) is 1. The van der Waals surface area contributed by atoms with Gasteiger partial charge in [0.1, 0.15) is 5.82 Å². The fraction of sp³-hybridized carbons (Fsp3) is 0.161. The Kier molecular flexibility index (Phi) is 6.71. The number of aryl methyl sites for hydroxylation is 1. The van der Waals surface area contributed by atoms with E-state index in [9.17, 15) is 0 Å². The number of anilines is 2. The average Bonchev–Trinajstić information content (AvgIpc) is 2.92. The van der Waals surface area contributed by atoms with Crippen molar-refractivity contribution in [3.63, 3.8) is 0 Å². The Morgan fingerprint density at radius 2 is 1.37 bits per heavy atom. The summed E-state index contributed by atoms with van der Waals surface area (Å²) < 4.78 is 0. The number of hydrogen-bond acceptors (Lipinski definition) is 4. The Labute approximate surface area is 207 Å². The van der Waals surface area contributed by atoms with Gasteiger partial charge in [0.05, 0.1) is 11.6 Å². The highest BCUT2D eigenvalue weighted by Gasteiger charge is 2.16. The molecule has 1 N–H and O–H groups in total. The van der Waals surface area contributed by atoms with Gasteiger partial charge in [0.2, 0.25) is 0 Å². The van der Waals surface area contributed by atoms with Gasteiger partial charge >= 0.3 is 0 Å². The van der Waals surface area contributed by atoms with Gasteiger partial charge in [-0.05, 0) is 60.4 Å². The van der Waals surface area contributed by atoms with Gasteiger partial charge in [0, 0.05) is 30.7 Å². The fourth-order valence-corrected chi connectivity index (χ4v) is 4.35. The fourth-order valence-electron chi connectivity index (χ4n) is 4.35. The first-order valence-corrected chi connectivity index (χ1v) is 12.1. The molecule has 35 heavy (non-hydrogen) atoms. The Balaban J connectivity index is 1.51. The first-order valence-electron chi connectivity index (χ1n) is 12.1. The van der Waals surface area contributed by atoms with Gasteiger partial charge < -0.3 is 10.2 Å². The molecule has 4 nitrogen and oxygen atoms in total. The Morgan fingerprint density at radius 3 is 2.09 bits per heavy atom. The summed E-state index contributed by atoms with van der Waals surface area (Å²) >= 11 is 0. The second-order valence-corrected chi connectivity index (χ2v) is 8.99. The smallest absolute Gasteiger partial charge is 0.162 e. The van der Waals surface area contributed by atoms with Crippen molar-refractivity contribution in [1.29, 1.82) is 0 Å². The summed E-state index contributed by atoms with van der Waals surface area (Å²) in [4.78, 5) is 12.0. The lowest BCUT2D eigenvalue weighted by molar-refractivity contribution is 0.690. The largest absolute Gasteiger partial charge is 0.378 e. The van der Waals surface area contributed by atoms with Crippen molar-refractivity contribution in [2.45, 2.75) is 18.9 Å². The van der Waals surface area contributed by atoms with E-state index in [1.165, 1.54) is 11.1 Å². The second-order valence-electron chi connectivity index (χ2n) is 8.99. The molecule has 0 bridgehead atoms. The highest BCUT2D eigenvalue weighted by atomic mass is 15.1. The lowest BCUT2D eigenvalue weighted by atomic mass is 9.98. The van der Waals surface area contributed by atoms with Gasteiger partial charge in [-0.15, -0.1) is 0 Å². The molecule has 0 aliphatic heterocycles. The number of fused-ring (bicyclic) bond motifs is 1.